The van der Waals surface area contributed by atoms with Crippen LogP contribution in [0.25, 0.3) is 0 Å². The van der Waals surface area contributed by atoms with Crippen molar-refractivity contribution in [2.75, 3.05) is 11.5 Å². The van der Waals surface area contributed by atoms with Crippen molar-refractivity contribution in [1.82, 2.24) is 0 Å². The van der Waals surface area contributed by atoms with Gasteiger partial charge in [0.05, 0.1) is 0 Å². The van der Waals surface area contributed by atoms with Gasteiger partial charge in [0.1, 0.15) is 6.61 Å². The molecule has 3 nitrogen and oxygen atoms in total. The van der Waals surface area contributed by atoms with Crippen molar-refractivity contribution in [3.63, 3.8) is 0 Å². The predicted octanol–water partition coefficient (Wildman–Crippen LogP) is 4.47. The van der Waals surface area contributed by atoms with E-state index in [1.54, 1.807) is 4.90 Å². The zero-order chi connectivity index (χ0) is 16.9. The van der Waals surface area contributed by atoms with E-state index in [1.165, 1.54) is 24.0 Å². The Bertz CT molecular complexity index is 682. The molecular formula is C21H24NO2Y-. The molecule has 1 radical (unpaired) electrons. The van der Waals surface area contributed by atoms with Crippen LogP contribution < -0.4 is 4.90 Å². The van der Waals surface area contributed by atoms with Crippen LogP contribution in [0.3, 0.4) is 0 Å². The number of amides is 1. The first-order valence-electron chi connectivity index (χ1n) is 8.63. The van der Waals surface area contributed by atoms with Crippen LogP contribution in [0.1, 0.15) is 42.7 Å². The largest absolute Gasteiger partial charge is 0.344 e. The fourth-order valence-corrected chi connectivity index (χ4v) is 3.00. The van der Waals surface area contributed by atoms with Gasteiger partial charge in [0.25, 0.3) is 5.91 Å². The summed E-state index contributed by atoms with van der Waals surface area (Å²) in [4.78, 5) is 14.1. The van der Waals surface area contributed by atoms with E-state index in [0.717, 1.165) is 24.1 Å². The number of unbranched alkanes of at least 4 members (excludes halogenated alkanes) is 1. The molecule has 1 atom stereocenters. The Morgan fingerprint density at radius 3 is 2.32 bits per heavy atom. The van der Waals surface area contributed by atoms with E-state index in [0.29, 0.717) is 0 Å². The van der Waals surface area contributed by atoms with Gasteiger partial charge in [-0.05, 0) is 30.5 Å². The fraction of sp³-hybridized carbons (Fsp3) is 0.333. The van der Waals surface area contributed by atoms with Crippen molar-refractivity contribution in [2.45, 2.75) is 38.8 Å². The molecule has 1 saturated heterocycles. The normalized spacial score (nSPS) is 16.8. The van der Waals surface area contributed by atoms with E-state index in [1.807, 2.05) is 36.4 Å². The van der Waals surface area contributed by atoms with Crippen molar-refractivity contribution in [3.8, 4) is 0 Å². The summed E-state index contributed by atoms with van der Waals surface area (Å²) in [6.45, 7) is 6.21. The standard InChI is InChI=1S/C21H24NO2.Y/c1-3-5-6-17-9-13-19(14-10-17)22-20(23)15-24-21(22)18-11-7-16(4-2)8-12-18;/h7-14,21H,2-6,15H2,1H3;/q-1;. The maximum atomic E-state index is 12.3. The second-order valence-electron chi connectivity index (χ2n) is 6.19. The van der Waals surface area contributed by atoms with Gasteiger partial charge >= 0.3 is 0 Å². The molecule has 3 rings (SSSR count). The second-order valence-corrected chi connectivity index (χ2v) is 6.19. The first-order valence-corrected chi connectivity index (χ1v) is 8.63. The van der Waals surface area contributed by atoms with Gasteiger partial charge in [0.2, 0.25) is 0 Å². The van der Waals surface area contributed by atoms with Gasteiger partial charge in [-0.25, -0.2) is 0 Å². The molecule has 2 aromatic rings. The first kappa shape index (κ1) is 20.3. The van der Waals surface area contributed by atoms with Crippen LogP contribution in [0.4, 0.5) is 5.69 Å². The van der Waals surface area contributed by atoms with Gasteiger partial charge in [-0.1, -0.05) is 55.3 Å². The number of hydrogen-bond acceptors (Lipinski definition) is 2. The van der Waals surface area contributed by atoms with Crippen LogP contribution in [0.15, 0.2) is 48.5 Å². The molecule has 0 saturated carbocycles. The Labute approximate surface area is 175 Å². The van der Waals surface area contributed by atoms with Gasteiger partial charge in [0, 0.05) is 44.0 Å². The molecule has 1 heterocycles. The van der Waals surface area contributed by atoms with E-state index in [4.69, 9.17) is 4.74 Å². The number of aryl methyl sites for hydroxylation is 1. The molecule has 1 aliphatic heterocycles. The maximum absolute atomic E-state index is 12.3. The Morgan fingerprint density at radius 2 is 1.72 bits per heavy atom. The Balaban J connectivity index is 0.00000225. The number of ether oxygens (including phenoxy) is 1. The van der Waals surface area contributed by atoms with Crippen LogP contribution in [-0.2, 0) is 55.1 Å². The SMILES string of the molecule is [CH2-]Cc1ccc(C2OCC(=O)N2c2ccc(CCCC)cc2)cc1.[Y]. The summed E-state index contributed by atoms with van der Waals surface area (Å²) in [5.74, 6) is 0.00235. The topological polar surface area (TPSA) is 29.5 Å². The van der Waals surface area contributed by atoms with Gasteiger partial charge in [-0.2, -0.15) is 6.42 Å². The Kier molecular flexibility index (Phi) is 7.80. The smallest absolute Gasteiger partial charge is 0.255 e. The van der Waals surface area contributed by atoms with Crippen molar-refractivity contribution in [1.29, 1.82) is 0 Å². The number of rotatable bonds is 6. The molecule has 1 unspecified atom stereocenters. The van der Waals surface area contributed by atoms with Gasteiger partial charge in [0.15, 0.2) is 6.23 Å². The summed E-state index contributed by atoms with van der Waals surface area (Å²) in [5, 5.41) is 0. The molecule has 2 aromatic carbocycles. The Morgan fingerprint density at radius 1 is 1.08 bits per heavy atom. The average molecular weight is 411 g/mol. The number of anilines is 1. The van der Waals surface area contributed by atoms with Crippen LogP contribution in [-0.4, -0.2) is 12.5 Å². The average Bonchev–Trinajstić information content (AvgIpc) is 3.02. The molecule has 0 bridgehead atoms. The summed E-state index contributed by atoms with van der Waals surface area (Å²) in [7, 11) is 0. The summed E-state index contributed by atoms with van der Waals surface area (Å²) in [6, 6.07) is 16.4. The molecule has 25 heavy (non-hydrogen) atoms. The molecule has 1 aliphatic rings. The number of hydrogen-bond donors (Lipinski definition) is 0. The van der Waals surface area contributed by atoms with Crippen molar-refractivity contribution in [2.24, 2.45) is 0 Å². The number of carbonyl (C=O) groups is 1. The maximum Gasteiger partial charge on any atom is 0.255 e. The van der Waals surface area contributed by atoms with Gasteiger partial charge in [-0.3, -0.25) is 9.69 Å². The summed E-state index contributed by atoms with van der Waals surface area (Å²) >= 11 is 0. The van der Waals surface area contributed by atoms with Crippen LogP contribution >= 0.6 is 0 Å². The number of nitrogens with zero attached hydrogens (tertiary/aromatic N) is 1. The van der Waals surface area contributed by atoms with Crippen molar-refractivity contribution >= 4 is 11.6 Å². The van der Waals surface area contributed by atoms with Gasteiger partial charge < -0.3 is 11.7 Å². The third-order valence-corrected chi connectivity index (χ3v) is 4.45. The number of benzene rings is 2. The van der Waals surface area contributed by atoms with E-state index >= 15 is 0 Å². The minimum absolute atomic E-state index is 0. The third kappa shape index (κ3) is 4.78. The molecular weight excluding hydrogens is 387 g/mol. The Hall–Kier alpha value is -1.03. The molecule has 129 valence electrons. The van der Waals surface area contributed by atoms with E-state index in [2.05, 4.69) is 26.0 Å². The van der Waals surface area contributed by atoms with Gasteiger partial charge in [-0.15, -0.1) is 0 Å². The molecule has 0 aromatic heterocycles. The summed E-state index contributed by atoms with van der Waals surface area (Å²) in [5.41, 5.74) is 4.37. The molecule has 1 fully saturated rings. The zero-order valence-electron chi connectivity index (χ0n) is 14.8. The van der Waals surface area contributed by atoms with Crippen molar-refractivity contribution < 1.29 is 42.2 Å². The summed E-state index contributed by atoms with van der Waals surface area (Å²) < 4.78 is 5.75. The quantitative estimate of drug-likeness (QED) is 0.657. The minimum atomic E-state index is -0.349. The van der Waals surface area contributed by atoms with E-state index in [9.17, 15) is 4.79 Å². The van der Waals surface area contributed by atoms with Crippen molar-refractivity contribution in [3.05, 3.63) is 72.1 Å². The molecule has 4 heteroatoms. The third-order valence-electron chi connectivity index (χ3n) is 4.45. The molecule has 0 aliphatic carbocycles. The molecule has 0 spiro atoms. The first-order chi connectivity index (χ1) is 11.7. The molecule has 1 amide bonds. The fourth-order valence-electron chi connectivity index (χ4n) is 3.00. The number of carbonyl (C=O) groups excluding carboxylic acids is 1. The second kappa shape index (κ2) is 9.61. The van der Waals surface area contributed by atoms with E-state index < -0.39 is 0 Å². The van der Waals surface area contributed by atoms with E-state index in [-0.39, 0.29) is 51.5 Å². The predicted molar refractivity (Wildman–Crippen MR) is 96.7 cm³/mol. The van der Waals surface area contributed by atoms with Crippen LogP contribution in [0.5, 0.6) is 0 Å². The minimum Gasteiger partial charge on any atom is -0.344 e. The summed E-state index contributed by atoms with van der Waals surface area (Å²) in [6.07, 6.45) is 3.86. The monoisotopic (exact) mass is 411 g/mol. The molecule has 0 N–H and O–H groups in total. The van der Waals surface area contributed by atoms with Crippen LogP contribution in [0, 0.1) is 6.92 Å². The van der Waals surface area contributed by atoms with Crippen LogP contribution in [0.2, 0.25) is 0 Å². The zero-order valence-corrected chi connectivity index (χ0v) is 17.6.